The molecule has 1 amide bonds. The average molecular weight is 322 g/mol. The van der Waals surface area contributed by atoms with Crippen LogP contribution in [-0.4, -0.2) is 15.8 Å². The molecule has 0 aliphatic carbocycles. The van der Waals surface area contributed by atoms with Gasteiger partial charge in [0.2, 0.25) is 0 Å². The van der Waals surface area contributed by atoms with Crippen LogP contribution in [-0.2, 0) is 0 Å². The van der Waals surface area contributed by atoms with Crippen LogP contribution in [0.15, 0.2) is 42.5 Å². The number of nitrogens with zero attached hydrogens (tertiary/aromatic N) is 2. The number of carbonyl (C=O) groups is 1. The first-order chi connectivity index (χ1) is 10.4. The number of rotatable bonds is 4. The molecule has 0 radical (unpaired) electrons. The number of anilines is 1. The zero-order valence-electron chi connectivity index (χ0n) is 10.9. The van der Waals surface area contributed by atoms with Gasteiger partial charge in [0.25, 0.3) is 17.3 Å². The maximum atomic E-state index is 12.1. The van der Waals surface area contributed by atoms with Gasteiger partial charge in [-0.05, 0) is 12.1 Å². The van der Waals surface area contributed by atoms with Gasteiger partial charge in [-0.1, -0.05) is 29.8 Å². The minimum absolute atomic E-state index is 0.230. The third-order valence-corrected chi connectivity index (χ3v) is 3.11. The molecule has 0 saturated heterocycles. The number of benzene rings is 2. The van der Waals surface area contributed by atoms with Crippen molar-refractivity contribution < 1.29 is 14.6 Å². The van der Waals surface area contributed by atoms with Crippen LogP contribution < -0.4 is 5.32 Å². The molecule has 0 atom stereocenters. The van der Waals surface area contributed by atoms with E-state index in [9.17, 15) is 25.0 Å². The first-order valence-corrected chi connectivity index (χ1v) is 6.26. The summed E-state index contributed by atoms with van der Waals surface area (Å²) in [6.07, 6.45) is 0. The first kappa shape index (κ1) is 15.4. The van der Waals surface area contributed by atoms with Crippen molar-refractivity contribution in [2.24, 2.45) is 0 Å². The molecule has 2 aromatic rings. The molecule has 2 aromatic carbocycles. The lowest BCUT2D eigenvalue weighted by Crippen LogP contribution is -2.12. The van der Waals surface area contributed by atoms with E-state index in [0.29, 0.717) is 5.69 Å². The minimum atomic E-state index is -0.880. The molecule has 0 fully saturated rings. The van der Waals surface area contributed by atoms with Gasteiger partial charge in [-0.25, -0.2) is 0 Å². The maximum Gasteiger partial charge on any atom is 0.295 e. The molecule has 2 rings (SSSR count). The molecular formula is C13H8ClN3O5. The molecule has 0 unspecified atom stereocenters. The van der Waals surface area contributed by atoms with E-state index in [-0.39, 0.29) is 5.56 Å². The second kappa shape index (κ2) is 6.19. The van der Waals surface area contributed by atoms with Crippen LogP contribution in [0.5, 0.6) is 0 Å². The molecule has 0 aliphatic rings. The van der Waals surface area contributed by atoms with E-state index >= 15 is 0 Å². The fourth-order valence-corrected chi connectivity index (χ4v) is 1.96. The Morgan fingerprint density at radius 2 is 1.50 bits per heavy atom. The Bertz CT molecular complexity index is 729. The third kappa shape index (κ3) is 3.18. The van der Waals surface area contributed by atoms with E-state index < -0.39 is 32.2 Å². The summed E-state index contributed by atoms with van der Waals surface area (Å²) >= 11 is 5.62. The molecule has 112 valence electrons. The highest BCUT2D eigenvalue weighted by atomic mass is 35.5. The Labute approximate surface area is 128 Å². The highest BCUT2D eigenvalue weighted by molar-refractivity contribution is 6.35. The Morgan fingerprint density at radius 3 is 1.95 bits per heavy atom. The van der Waals surface area contributed by atoms with E-state index in [4.69, 9.17) is 11.6 Å². The summed E-state index contributed by atoms with van der Waals surface area (Å²) in [5, 5.41) is 23.7. The summed E-state index contributed by atoms with van der Waals surface area (Å²) in [4.78, 5) is 32.1. The number of hydrogen-bond acceptors (Lipinski definition) is 5. The molecule has 0 saturated carbocycles. The fourth-order valence-electron chi connectivity index (χ4n) is 1.72. The Hall–Kier alpha value is -3.00. The molecular weight excluding hydrogens is 314 g/mol. The van der Waals surface area contributed by atoms with Gasteiger partial charge >= 0.3 is 0 Å². The predicted octanol–water partition coefficient (Wildman–Crippen LogP) is 3.41. The highest BCUT2D eigenvalue weighted by Crippen LogP contribution is 2.35. The smallest absolute Gasteiger partial charge is 0.295 e. The highest BCUT2D eigenvalue weighted by Gasteiger charge is 2.27. The molecule has 8 nitrogen and oxygen atoms in total. The monoisotopic (exact) mass is 321 g/mol. The van der Waals surface area contributed by atoms with Crippen LogP contribution in [0.1, 0.15) is 10.4 Å². The summed E-state index contributed by atoms with van der Waals surface area (Å²) in [5.74, 6) is -0.714. The van der Waals surface area contributed by atoms with E-state index in [1.807, 2.05) is 0 Å². The Kier molecular flexibility index (Phi) is 4.33. The molecule has 0 bridgehead atoms. The summed E-state index contributed by atoms with van der Waals surface area (Å²) in [7, 11) is 0. The molecule has 1 N–H and O–H groups in total. The third-order valence-electron chi connectivity index (χ3n) is 2.72. The van der Waals surface area contributed by atoms with Gasteiger partial charge in [-0.3, -0.25) is 25.0 Å². The molecule has 0 aliphatic heterocycles. The number of hydrogen-bond donors (Lipinski definition) is 1. The summed E-state index contributed by atoms with van der Waals surface area (Å²) in [5.41, 5.74) is -1.18. The van der Waals surface area contributed by atoms with Crippen molar-refractivity contribution >= 4 is 34.6 Å². The second-order valence-corrected chi connectivity index (χ2v) is 4.54. The van der Waals surface area contributed by atoms with Gasteiger partial charge in [-0.15, -0.1) is 0 Å². The number of amides is 1. The van der Waals surface area contributed by atoms with Crippen LogP contribution in [0.4, 0.5) is 17.1 Å². The van der Waals surface area contributed by atoms with Crippen molar-refractivity contribution in [3.05, 3.63) is 73.3 Å². The van der Waals surface area contributed by atoms with Crippen LogP contribution in [0, 0.1) is 20.2 Å². The Balaban J connectivity index is 2.44. The molecule has 9 heteroatoms. The normalized spacial score (nSPS) is 10.0. The van der Waals surface area contributed by atoms with Gasteiger partial charge in [-0.2, -0.15) is 0 Å². The molecule has 22 heavy (non-hydrogen) atoms. The first-order valence-electron chi connectivity index (χ1n) is 5.89. The van der Waals surface area contributed by atoms with E-state index in [0.717, 1.165) is 12.1 Å². The van der Waals surface area contributed by atoms with Crippen LogP contribution in [0.2, 0.25) is 5.02 Å². The summed E-state index contributed by atoms with van der Waals surface area (Å²) in [6.45, 7) is 0. The number of nitrogens with one attached hydrogen (secondary N) is 1. The minimum Gasteiger partial charge on any atom is -0.322 e. The van der Waals surface area contributed by atoms with Crippen molar-refractivity contribution in [3.63, 3.8) is 0 Å². The van der Waals surface area contributed by atoms with Gasteiger partial charge < -0.3 is 5.32 Å². The zero-order chi connectivity index (χ0) is 16.3. The van der Waals surface area contributed by atoms with Crippen molar-refractivity contribution in [2.45, 2.75) is 0 Å². The average Bonchev–Trinajstić information content (AvgIpc) is 2.47. The van der Waals surface area contributed by atoms with Crippen molar-refractivity contribution in [1.29, 1.82) is 0 Å². The van der Waals surface area contributed by atoms with Crippen molar-refractivity contribution in [3.8, 4) is 0 Å². The lowest BCUT2D eigenvalue weighted by Gasteiger charge is -2.06. The van der Waals surface area contributed by atoms with Gasteiger partial charge in [0, 0.05) is 17.8 Å². The second-order valence-electron chi connectivity index (χ2n) is 4.16. The summed E-state index contributed by atoms with van der Waals surface area (Å²) < 4.78 is 0. The van der Waals surface area contributed by atoms with Gasteiger partial charge in [0.05, 0.1) is 15.4 Å². The number of nitro benzene ring substituents is 2. The summed E-state index contributed by atoms with van der Waals surface area (Å²) in [6, 6.07) is 10.1. The lowest BCUT2D eigenvalue weighted by molar-refractivity contribution is -0.393. The van der Waals surface area contributed by atoms with Gasteiger partial charge in [0.15, 0.2) is 5.02 Å². The number of nitro groups is 2. The standard InChI is InChI=1S/C13H8ClN3O5/c14-12-10(16(19)20)6-8(7-11(12)17(21)22)13(18)15-9-4-2-1-3-5-9/h1-7H,(H,15,18). The largest absolute Gasteiger partial charge is 0.322 e. The Morgan fingerprint density at radius 1 is 1.00 bits per heavy atom. The van der Waals surface area contributed by atoms with E-state index in [2.05, 4.69) is 5.32 Å². The lowest BCUT2D eigenvalue weighted by atomic mass is 10.1. The maximum absolute atomic E-state index is 12.1. The van der Waals surface area contributed by atoms with E-state index in [1.165, 1.54) is 0 Å². The zero-order valence-corrected chi connectivity index (χ0v) is 11.6. The quantitative estimate of drug-likeness (QED) is 0.684. The molecule has 0 spiro atoms. The van der Waals surface area contributed by atoms with Gasteiger partial charge in [0.1, 0.15) is 0 Å². The fraction of sp³-hybridized carbons (Fsp3) is 0. The van der Waals surface area contributed by atoms with Crippen LogP contribution in [0.3, 0.4) is 0 Å². The molecule has 0 heterocycles. The number of halogens is 1. The number of para-hydroxylation sites is 1. The topological polar surface area (TPSA) is 115 Å². The van der Waals surface area contributed by atoms with Crippen LogP contribution >= 0.6 is 11.6 Å². The van der Waals surface area contributed by atoms with E-state index in [1.54, 1.807) is 30.3 Å². The predicted molar refractivity (Wildman–Crippen MR) is 79.2 cm³/mol. The SMILES string of the molecule is O=C(Nc1ccccc1)c1cc([N+](=O)[O-])c(Cl)c([N+](=O)[O-])c1. The van der Waals surface area contributed by atoms with Crippen molar-refractivity contribution in [1.82, 2.24) is 0 Å². The van der Waals surface area contributed by atoms with Crippen molar-refractivity contribution in [2.75, 3.05) is 5.32 Å². The van der Waals surface area contributed by atoms with Crippen LogP contribution in [0.25, 0.3) is 0 Å². The molecule has 0 aromatic heterocycles. The number of carbonyl (C=O) groups excluding carboxylic acids is 1.